The first kappa shape index (κ1) is 78.6. The maximum atomic E-state index is 12.5. The summed E-state index contributed by atoms with van der Waals surface area (Å²) < 4.78 is 5.50. The van der Waals surface area contributed by atoms with Crippen LogP contribution in [0.3, 0.4) is 0 Å². The van der Waals surface area contributed by atoms with E-state index >= 15 is 0 Å². The van der Waals surface area contributed by atoms with Crippen LogP contribution < -0.4 is 5.32 Å². The first-order valence-corrected chi connectivity index (χ1v) is 36.1. The van der Waals surface area contributed by atoms with E-state index in [-0.39, 0.29) is 18.5 Å². The van der Waals surface area contributed by atoms with Crippen LogP contribution in [0.2, 0.25) is 0 Å². The van der Waals surface area contributed by atoms with E-state index in [2.05, 4.69) is 67.8 Å². The van der Waals surface area contributed by atoms with E-state index in [4.69, 9.17) is 4.74 Å². The zero-order chi connectivity index (χ0) is 58.5. The van der Waals surface area contributed by atoms with Gasteiger partial charge in [-0.3, -0.25) is 9.59 Å². The molecular formula is C75H139NO5. The van der Waals surface area contributed by atoms with Crippen molar-refractivity contribution in [2.75, 3.05) is 13.2 Å². The molecule has 0 bridgehead atoms. The molecule has 2 unspecified atom stereocenters. The van der Waals surface area contributed by atoms with Gasteiger partial charge in [-0.15, -0.1) is 0 Å². The largest absolute Gasteiger partial charge is 0.466 e. The van der Waals surface area contributed by atoms with Crippen LogP contribution in [0.4, 0.5) is 0 Å². The van der Waals surface area contributed by atoms with Gasteiger partial charge in [-0.25, -0.2) is 0 Å². The monoisotopic (exact) mass is 1130 g/mol. The summed E-state index contributed by atoms with van der Waals surface area (Å²) >= 11 is 0. The predicted molar refractivity (Wildman–Crippen MR) is 356 cm³/mol. The maximum Gasteiger partial charge on any atom is 0.305 e. The summed E-state index contributed by atoms with van der Waals surface area (Å²) in [4.78, 5) is 24.6. The molecule has 0 fully saturated rings. The minimum absolute atomic E-state index is 0.00902. The molecule has 0 aliphatic heterocycles. The van der Waals surface area contributed by atoms with Crippen molar-refractivity contribution in [3.8, 4) is 0 Å². The Hall–Kier alpha value is -2.44. The lowest BCUT2D eigenvalue weighted by Crippen LogP contribution is -2.45. The van der Waals surface area contributed by atoms with E-state index < -0.39 is 12.1 Å². The van der Waals surface area contributed by atoms with E-state index in [1.807, 2.05) is 6.08 Å². The second-order valence-corrected chi connectivity index (χ2v) is 24.6. The van der Waals surface area contributed by atoms with Gasteiger partial charge in [0.15, 0.2) is 0 Å². The minimum Gasteiger partial charge on any atom is -0.466 e. The summed E-state index contributed by atoms with van der Waals surface area (Å²) in [6.07, 6.45) is 93.1. The molecule has 2 atom stereocenters. The molecule has 0 aromatic heterocycles. The molecule has 6 nitrogen and oxygen atoms in total. The topological polar surface area (TPSA) is 95.9 Å². The Labute approximate surface area is 505 Å². The summed E-state index contributed by atoms with van der Waals surface area (Å²) in [5.74, 6) is -0.0574. The molecule has 0 radical (unpaired) electrons. The van der Waals surface area contributed by atoms with Crippen LogP contribution in [0.15, 0.2) is 60.8 Å². The van der Waals surface area contributed by atoms with Gasteiger partial charge in [0.1, 0.15) is 0 Å². The number of carbonyl (C=O) groups excluding carboxylic acids is 2. The molecule has 0 rings (SSSR count). The van der Waals surface area contributed by atoms with Crippen molar-refractivity contribution in [3.63, 3.8) is 0 Å². The van der Waals surface area contributed by atoms with Crippen LogP contribution >= 0.6 is 0 Å². The molecule has 0 heterocycles. The number of rotatable bonds is 67. The highest BCUT2D eigenvalue weighted by Gasteiger charge is 2.18. The van der Waals surface area contributed by atoms with Crippen LogP contribution in [0, 0.1) is 0 Å². The number of allylic oxidation sites excluding steroid dienone is 9. The SMILES string of the molecule is CCCCC/C=C\C/C=C\CCCCCCCCCCCC(=O)OCCCCCCCCCCC/C=C\C/C=C\CCCCCCCCCCCCCCCCCC(=O)NC(CO)C(O)/C=C/CCCCCCCCCCCCCC. The molecule has 474 valence electrons. The number of nitrogens with one attached hydrogen (secondary N) is 1. The van der Waals surface area contributed by atoms with E-state index in [0.29, 0.717) is 19.4 Å². The number of amides is 1. The molecule has 0 saturated carbocycles. The van der Waals surface area contributed by atoms with Crippen molar-refractivity contribution in [1.82, 2.24) is 5.32 Å². The molecule has 6 heteroatoms. The van der Waals surface area contributed by atoms with Crippen LogP contribution in [0.1, 0.15) is 380 Å². The summed E-state index contributed by atoms with van der Waals surface area (Å²) in [5.41, 5.74) is 0. The number of hydrogen-bond acceptors (Lipinski definition) is 5. The third-order valence-electron chi connectivity index (χ3n) is 16.5. The van der Waals surface area contributed by atoms with Crippen molar-refractivity contribution in [2.24, 2.45) is 0 Å². The molecule has 0 aromatic rings. The van der Waals surface area contributed by atoms with Crippen LogP contribution in [0.5, 0.6) is 0 Å². The normalized spacial score (nSPS) is 12.9. The van der Waals surface area contributed by atoms with Gasteiger partial charge in [0.25, 0.3) is 0 Å². The minimum atomic E-state index is -0.844. The number of carbonyl (C=O) groups is 2. The third kappa shape index (κ3) is 66.6. The molecular weight excluding hydrogens is 995 g/mol. The molecule has 0 aliphatic rings. The lowest BCUT2D eigenvalue weighted by atomic mass is 10.0. The zero-order valence-corrected chi connectivity index (χ0v) is 54.3. The smallest absolute Gasteiger partial charge is 0.305 e. The van der Waals surface area contributed by atoms with Gasteiger partial charge in [0, 0.05) is 12.8 Å². The lowest BCUT2D eigenvalue weighted by molar-refractivity contribution is -0.143. The quantitative estimate of drug-likeness (QED) is 0.0320. The Bertz CT molecular complexity index is 1400. The average Bonchev–Trinajstić information content (AvgIpc) is 3.47. The number of unbranched alkanes of at least 4 members (excludes halogenated alkanes) is 48. The summed E-state index contributed by atoms with van der Waals surface area (Å²) in [6, 6.07) is -0.628. The van der Waals surface area contributed by atoms with Gasteiger partial charge in [-0.05, 0) is 96.3 Å². The molecule has 1 amide bonds. The van der Waals surface area contributed by atoms with Crippen molar-refractivity contribution < 1.29 is 24.5 Å². The third-order valence-corrected chi connectivity index (χ3v) is 16.5. The van der Waals surface area contributed by atoms with Crippen LogP contribution in [-0.2, 0) is 14.3 Å². The fourth-order valence-electron chi connectivity index (χ4n) is 11.0. The average molecular weight is 1130 g/mol. The van der Waals surface area contributed by atoms with Crippen molar-refractivity contribution in [1.29, 1.82) is 0 Å². The fraction of sp³-hybridized carbons (Fsp3) is 0.840. The highest BCUT2D eigenvalue weighted by atomic mass is 16.5. The lowest BCUT2D eigenvalue weighted by Gasteiger charge is -2.20. The summed E-state index contributed by atoms with van der Waals surface area (Å²) in [7, 11) is 0. The van der Waals surface area contributed by atoms with E-state index in [0.717, 1.165) is 57.8 Å². The van der Waals surface area contributed by atoms with Crippen molar-refractivity contribution >= 4 is 11.9 Å². The van der Waals surface area contributed by atoms with E-state index in [1.165, 1.54) is 295 Å². The Kier molecular flexibility index (Phi) is 67.9. The van der Waals surface area contributed by atoms with Gasteiger partial charge < -0.3 is 20.3 Å². The van der Waals surface area contributed by atoms with Gasteiger partial charge in [0.2, 0.25) is 5.91 Å². The van der Waals surface area contributed by atoms with E-state index in [9.17, 15) is 19.8 Å². The second-order valence-electron chi connectivity index (χ2n) is 24.6. The molecule has 0 aliphatic carbocycles. The summed E-state index contributed by atoms with van der Waals surface area (Å²) in [5, 5.41) is 23.1. The maximum absolute atomic E-state index is 12.5. The standard InChI is InChI=1S/C75H139NO5/c1-3-5-7-9-11-13-15-17-19-20-34-38-41-45-49-53-57-61-65-69-75(80)81-70-66-62-58-54-50-46-42-39-36-33-31-29-27-25-23-21-22-24-26-28-30-32-35-37-40-44-48-52-56-60-64-68-74(79)76-72(71-77)73(78)67-63-59-55-51-47-43-18-16-14-12-10-8-6-4-2/h11,13,17,19,23,25,29,31,63,67,72-73,77-78H,3-10,12,14-16,18,20-22,24,26-28,30,32-62,64-66,68-71H2,1-2H3,(H,76,79)/b13-11-,19-17-,25-23-,31-29-,67-63+. The predicted octanol–water partition coefficient (Wildman–Crippen LogP) is 23.4. The first-order valence-electron chi connectivity index (χ1n) is 36.1. The van der Waals surface area contributed by atoms with Crippen molar-refractivity contribution in [3.05, 3.63) is 60.8 Å². The van der Waals surface area contributed by atoms with Gasteiger partial charge in [-0.2, -0.15) is 0 Å². The summed E-state index contributed by atoms with van der Waals surface area (Å²) in [6.45, 7) is 4.89. The zero-order valence-electron chi connectivity index (χ0n) is 54.3. The van der Waals surface area contributed by atoms with Crippen LogP contribution in [-0.4, -0.2) is 47.4 Å². The van der Waals surface area contributed by atoms with Gasteiger partial charge >= 0.3 is 5.97 Å². The number of esters is 1. The molecule has 3 N–H and O–H groups in total. The Morgan fingerprint density at radius 2 is 0.617 bits per heavy atom. The Morgan fingerprint density at radius 3 is 0.963 bits per heavy atom. The van der Waals surface area contributed by atoms with Gasteiger partial charge in [0.05, 0.1) is 25.4 Å². The number of aliphatic hydroxyl groups is 2. The fourth-order valence-corrected chi connectivity index (χ4v) is 11.0. The number of ether oxygens (including phenoxy) is 1. The first-order chi connectivity index (χ1) is 40.0. The molecule has 0 saturated heterocycles. The number of hydrogen-bond donors (Lipinski definition) is 3. The molecule has 0 aromatic carbocycles. The molecule has 81 heavy (non-hydrogen) atoms. The van der Waals surface area contributed by atoms with Gasteiger partial charge in [-0.1, -0.05) is 331 Å². The second kappa shape index (κ2) is 70.0. The van der Waals surface area contributed by atoms with Crippen LogP contribution in [0.25, 0.3) is 0 Å². The highest BCUT2D eigenvalue weighted by molar-refractivity contribution is 5.76. The van der Waals surface area contributed by atoms with E-state index in [1.54, 1.807) is 6.08 Å². The number of aliphatic hydroxyl groups excluding tert-OH is 2. The molecule has 0 spiro atoms. The highest BCUT2D eigenvalue weighted by Crippen LogP contribution is 2.18. The Balaban J connectivity index is 3.40. The Morgan fingerprint density at radius 1 is 0.346 bits per heavy atom. The van der Waals surface area contributed by atoms with Crippen molar-refractivity contribution in [2.45, 2.75) is 392 Å².